The number of ether oxygens (including phenoxy) is 1. The van der Waals surface area contributed by atoms with E-state index in [1.54, 1.807) is 19.1 Å². The van der Waals surface area contributed by atoms with Crippen LogP contribution in [-0.4, -0.2) is 33.7 Å². The van der Waals surface area contributed by atoms with Crippen LogP contribution in [-0.2, 0) is 20.9 Å². The van der Waals surface area contributed by atoms with E-state index in [9.17, 15) is 18.4 Å². The first-order valence-corrected chi connectivity index (χ1v) is 11.0. The summed E-state index contributed by atoms with van der Waals surface area (Å²) in [5.41, 5.74) is 1.46. The highest BCUT2D eigenvalue weighted by molar-refractivity contribution is 5.99. The van der Waals surface area contributed by atoms with Crippen LogP contribution in [0.4, 0.5) is 8.78 Å². The number of amides is 1. The third kappa shape index (κ3) is 8.13. The lowest BCUT2D eigenvalue weighted by atomic mass is 10.0. The molecule has 184 valence electrons. The summed E-state index contributed by atoms with van der Waals surface area (Å²) in [6.07, 6.45) is 3.69. The molecule has 0 saturated heterocycles. The van der Waals surface area contributed by atoms with Gasteiger partial charge in [0.25, 0.3) is 0 Å². The van der Waals surface area contributed by atoms with Gasteiger partial charge in [0.1, 0.15) is 18.2 Å². The number of benzene rings is 1. The Bertz CT molecular complexity index is 1010. The number of carbonyl (C=O) groups is 2. The molecule has 0 fully saturated rings. The van der Waals surface area contributed by atoms with Crippen molar-refractivity contribution in [2.45, 2.75) is 59.6 Å². The molecule has 9 heteroatoms. The van der Waals surface area contributed by atoms with Crippen molar-refractivity contribution in [2.24, 2.45) is 11.0 Å². The standard InChI is InChI=1S/C25H31F2N3O4/c1-15(2)9-19(13-25(32)33)28-23(31)12-17(4)29-30-18(5)10-16(3)11-24(30)34-14-20-21(26)7-6-8-22(20)27/h6-8,10-11,15,19H,5,9,12-14H2,1-4H3,(H,28,31)(H,32,33)/b29-17-. The Morgan fingerprint density at radius 1 is 1.24 bits per heavy atom. The second-order valence-electron chi connectivity index (χ2n) is 8.67. The number of nitrogens with zero attached hydrogens (tertiary/aromatic N) is 2. The Labute approximate surface area is 198 Å². The molecule has 1 heterocycles. The molecule has 1 amide bonds. The van der Waals surface area contributed by atoms with E-state index in [-0.39, 0.29) is 42.7 Å². The van der Waals surface area contributed by atoms with E-state index in [2.05, 4.69) is 17.0 Å². The van der Waals surface area contributed by atoms with Crippen LogP contribution in [0.5, 0.6) is 0 Å². The largest absolute Gasteiger partial charge is 0.481 e. The Hall–Kier alpha value is -3.49. The first-order chi connectivity index (χ1) is 16.0. The van der Waals surface area contributed by atoms with E-state index >= 15 is 0 Å². The van der Waals surface area contributed by atoms with Gasteiger partial charge >= 0.3 is 5.97 Å². The average Bonchev–Trinajstić information content (AvgIpc) is 2.68. The average molecular weight is 476 g/mol. The van der Waals surface area contributed by atoms with Crippen molar-refractivity contribution in [3.8, 4) is 0 Å². The van der Waals surface area contributed by atoms with Crippen LogP contribution in [0.2, 0.25) is 0 Å². The highest BCUT2D eigenvalue weighted by Crippen LogP contribution is 2.25. The molecule has 2 rings (SSSR count). The van der Waals surface area contributed by atoms with Gasteiger partial charge in [0.2, 0.25) is 11.8 Å². The van der Waals surface area contributed by atoms with Gasteiger partial charge in [-0.3, -0.25) is 9.59 Å². The van der Waals surface area contributed by atoms with Crippen molar-refractivity contribution >= 4 is 17.6 Å². The van der Waals surface area contributed by atoms with Crippen molar-refractivity contribution in [1.29, 1.82) is 0 Å². The van der Waals surface area contributed by atoms with Crippen molar-refractivity contribution < 1.29 is 28.2 Å². The van der Waals surface area contributed by atoms with E-state index < -0.39 is 23.6 Å². The number of carbonyl (C=O) groups excluding carboxylic acids is 1. The molecule has 1 aromatic rings. The molecule has 34 heavy (non-hydrogen) atoms. The molecule has 0 spiro atoms. The zero-order chi connectivity index (χ0) is 25.4. The fourth-order valence-electron chi connectivity index (χ4n) is 3.49. The summed E-state index contributed by atoms with van der Waals surface area (Å²) in [7, 11) is 0. The van der Waals surface area contributed by atoms with Crippen molar-refractivity contribution in [3.63, 3.8) is 0 Å². The van der Waals surface area contributed by atoms with Gasteiger partial charge in [-0.05, 0) is 50.0 Å². The number of rotatable bonds is 11. The summed E-state index contributed by atoms with van der Waals surface area (Å²) in [5, 5.41) is 17.6. The summed E-state index contributed by atoms with van der Waals surface area (Å²) in [6, 6.07) is 3.09. The summed E-state index contributed by atoms with van der Waals surface area (Å²) in [4.78, 5) is 23.6. The molecule has 2 N–H and O–H groups in total. The van der Waals surface area contributed by atoms with E-state index in [0.717, 1.165) is 17.7 Å². The molecule has 0 bridgehead atoms. The number of carboxylic acids is 1. The number of aliphatic carboxylic acids is 1. The van der Waals surface area contributed by atoms with Crippen LogP contribution in [0.1, 0.15) is 52.5 Å². The summed E-state index contributed by atoms with van der Waals surface area (Å²) in [6.45, 7) is 10.9. The minimum Gasteiger partial charge on any atom is -0.481 e. The van der Waals surface area contributed by atoms with Crippen molar-refractivity contribution in [1.82, 2.24) is 10.3 Å². The molecule has 1 aliphatic heterocycles. The van der Waals surface area contributed by atoms with Crippen molar-refractivity contribution in [3.05, 3.63) is 71.3 Å². The number of halogens is 2. The predicted molar refractivity (Wildman–Crippen MR) is 125 cm³/mol. The number of hydrogen-bond acceptors (Lipinski definition) is 5. The second kappa shape index (κ2) is 12.1. The molecule has 1 aromatic carbocycles. The van der Waals surface area contributed by atoms with E-state index in [0.29, 0.717) is 17.8 Å². The first-order valence-electron chi connectivity index (χ1n) is 11.0. The maximum atomic E-state index is 14.0. The quantitative estimate of drug-likeness (QED) is 0.446. The van der Waals surface area contributed by atoms with Gasteiger partial charge in [-0.2, -0.15) is 5.10 Å². The molecule has 0 aromatic heterocycles. The zero-order valence-corrected chi connectivity index (χ0v) is 19.9. The van der Waals surface area contributed by atoms with Gasteiger partial charge in [0.15, 0.2) is 0 Å². The maximum absolute atomic E-state index is 14.0. The smallest absolute Gasteiger partial charge is 0.305 e. The fourth-order valence-corrected chi connectivity index (χ4v) is 3.49. The van der Waals surface area contributed by atoms with Crippen LogP contribution in [0.3, 0.4) is 0 Å². The number of hydrogen-bond donors (Lipinski definition) is 2. The highest BCUT2D eigenvalue weighted by atomic mass is 19.1. The molecule has 7 nitrogen and oxygen atoms in total. The van der Waals surface area contributed by atoms with E-state index in [4.69, 9.17) is 9.84 Å². The first kappa shape index (κ1) is 26.8. The van der Waals surface area contributed by atoms with Gasteiger partial charge in [-0.25, -0.2) is 13.8 Å². The lowest BCUT2D eigenvalue weighted by Crippen LogP contribution is -2.38. The minimum atomic E-state index is -0.985. The van der Waals surface area contributed by atoms with Crippen LogP contribution >= 0.6 is 0 Å². The van der Waals surface area contributed by atoms with Gasteiger partial charge in [0, 0.05) is 17.8 Å². The molecule has 0 aliphatic carbocycles. The van der Waals surface area contributed by atoms with Crippen LogP contribution in [0.15, 0.2) is 59.2 Å². The summed E-state index contributed by atoms with van der Waals surface area (Å²) < 4.78 is 33.6. The third-order valence-corrected chi connectivity index (χ3v) is 4.88. The van der Waals surface area contributed by atoms with Crippen LogP contribution in [0.25, 0.3) is 0 Å². The van der Waals surface area contributed by atoms with E-state index in [1.807, 2.05) is 20.8 Å². The molecule has 0 saturated carbocycles. The summed E-state index contributed by atoms with van der Waals surface area (Å²) in [5.74, 6) is -2.36. The van der Waals surface area contributed by atoms with Gasteiger partial charge in [-0.15, -0.1) is 0 Å². The molecular weight excluding hydrogens is 444 g/mol. The molecule has 1 atom stereocenters. The Morgan fingerprint density at radius 2 is 1.88 bits per heavy atom. The monoisotopic (exact) mass is 475 g/mol. The van der Waals surface area contributed by atoms with Crippen LogP contribution < -0.4 is 5.32 Å². The number of hydrazone groups is 1. The lowest BCUT2D eigenvalue weighted by Gasteiger charge is -2.27. The molecule has 1 aliphatic rings. The second-order valence-corrected chi connectivity index (χ2v) is 8.67. The SMILES string of the molecule is C=C1C=C(C)C=C(OCc2c(F)cccc2F)N1/N=C(/C)CC(=O)NC(CC(=O)O)CC(C)C. The maximum Gasteiger partial charge on any atom is 0.305 e. The normalized spacial score (nSPS) is 15.1. The van der Waals surface area contributed by atoms with Gasteiger partial charge < -0.3 is 15.2 Å². The van der Waals surface area contributed by atoms with Gasteiger partial charge in [0.05, 0.1) is 24.1 Å². The highest BCUT2D eigenvalue weighted by Gasteiger charge is 2.21. The number of carboxylic acid groups (broad SMARTS) is 1. The topological polar surface area (TPSA) is 91.2 Å². The number of nitrogens with one attached hydrogen (secondary N) is 1. The number of allylic oxidation sites excluding steroid dienone is 3. The summed E-state index contributed by atoms with van der Waals surface area (Å²) >= 11 is 0. The third-order valence-electron chi connectivity index (χ3n) is 4.88. The zero-order valence-electron chi connectivity index (χ0n) is 19.9. The van der Waals surface area contributed by atoms with Crippen molar-refractivity contribution in [2.75, 3.05) is 0 Å². The Kier molecular flexibility index (Phi) is 9.53. The van der Waals surface area contributed by atoms with Gasteiger partial charge in [-0.1, -0.05) is 26.5 Å². The molecular formula is C25H31F2N3O4. The lowest BCUT2D eigenvalue weighted by molar-refractivity contribution is -0.137. The Morgan fingerprint density at radius 3 is 2.47 bits per heavy atom. The fraction of sp³-hybridized carbons (Fsp3) is 0.400. The molecule has 1 unspecified atom stereocenters. The molecule has 0 radical (unpaired) electrons. The minimum absolute atomic E-state index is 0.0735. The Balaban J connectivity index is 2.12. The van der Waals surface area contributed by atoms with E-state index in [1.165, 1.54) is 11.1 Å². The van der Waals surface area contributed by atoms with Crippen LogP contribution in [0, 0.1) is 17.6 Å². The predicted octanol–water partition coefficient (Wildman–Crippen LogP) is 4.87.